The van der Waals surface area contributed by atoms with Gasteiger partial charge < -0.3 is 33.8 Å². The number of hydrogen-bond donors (Lipinski definition) is 3. The summed E-state index contributed by atoms with van der Waals surface area (Å²) in [6, 6.07) is 0. The monoisotopic (exact) mass is 1450 g/mol. The maximum atomic E-state index is 13.1. The molecule has 3 unspecified atom stereocenters. The molecule has 0 aliphatic carbocycles. The van der Waals surface area contributed by atoms with Crippen LogP contribution in [0.15, 0.2) is 0 Å². The Morgan fingerprint density at radius 1 is 0.253 bits per heavy atom. The molecule has 0 fully saturated rings. The van der Waals surface area contributed by atoms with Crippen molar-refractivity contribution in [2.75, 3.05) is 39.6 Å². The molecule has 0 aromatic rings. The second kappa shape index (κ2) is 69.1. The number of carbonyl (C=O) groups excluding carboxylic acids is 4. The number of carbonyl (C=O) groups is 4. The summed E-state index contributed by atoms with van der Waals surface area (Å²) in [5.74, 6) is 0.942. The minimum atomic E-state index is -4.96. The zero-order valence-electron chi connectivity index (χ0n) is 65.1. The summed E-state index contributed by atoms with van der Waals surface area (Å²) in [7, 11) is -9.92. The number of hydrogen-bond acceptors (Lipinski definition) is 15. The van der Waals surface area contributed by atoms with Gasteiger partial charge in [0, 0.05) is 25.7 Å². The van der Waals surface area contributed by atoms with Crippen LogP contribution in [0.4, 0.5) is 0 Å². The molecule has 0 aromatic heterocycles. The third-order valence-electron chi connectivity index (χ3n) is 18.6. The Labute approximate surface area is 607 Å². The summed E-state index contributed by atoms with van der Waals surface area (Å²) in [4.78, 5) is 73.0. The highest BCUT2D eigenvalue weighted by Gasteiger charge is 2.30. The van der Waals surface area contributed by atoms with Crippen LogP contribution >= 0.6 is 15.6 Å². The van der Waals surface area contributed by atoms with Gasteiger partial charge in [-0.3, -0.25) is 37.3 Å². The minimum absolute atomic E-state index is 0.106. The van der Waals surface area contributed by atoms with Crippen molar-refractivity contribution in [2.24, 2.45) is 23.7 Å². The second-order valence-corrected chi connectivity index (χ2v) is 33.6. The van der Waals surface area contributed by atoms with Crippen molar-refractivity contribution in [1.82, 2.24) is 0 Å². The van der Waals surface area contributed by atoms with Gasteiger partial charge in [-0.1, -0.05) is 357 Å². The van der Waals surface area contributed by atoms with E-state index >= 15 is 0 Å². The SMILES string of the molecule is CC(C)CCCCCCCCCCCCCCCCCC(=O)O[C@H](COC(=O)CCCCCCCCCCCCCCC(C)C)COP(=O)(O)OCC(O)COP(=O)(O)OC[C@@H](COC(=O)CCCCCCCCC(C)C)OC(=O)CCCCCCCCCCCCCCCCC(C)C. The average molecular weight is 1450 g/mol. The number of aliphatic hydroxyl groups excluding tert-OH is 1. The summed E-state index contributed by atoms with van der Waals surface area (Å²) in [5, 5.41) is 10.6. The summed E-state index contributed by atoms with van der Waals surface area (Å²) in [5.41, 5.74) is 0. The molecule has 588 valence electrons. The highest BCUT2D eigenvalue weighted by Crippen LogP contribution is 2.45. The summed E-state index contributed by atoms with van der Waals surface area (Å²) in [6.07, 6.45) is 55.6. The molecule has 3 N–H and O–H groups in total. The molecule has 99 heavy (non-hydrogen) atoms. The Morgan fingerprint density at radius 2 is 0.424 bits per heavy atom. The molecule has 5 atom stereocenters. The van der Waals surface area contributed by atoms with Gasteiger partial charge >= 0.3 is 39.5 Å². The molecule has 0 bridgehead atoms. The minimum Gasteiger partial charge on any atom is -0.462 e. The van der Waals surface area contributed by atoms with Crippen LogP contribution in [0.5, 0.6) is 0 Å². The Hall–Kier alpha value is -1.94. The van der Waals surface area contributed by atoms with E-state index in [1.807, 2.05) is 0 Å². The van der Waals surface area contributed by atoms with E-state index in [9.17, 15) is 43.2 Å². The maximum absolute atomic E-state index is 13.1. The van der Waals surface area contributed by atoms with Crippen LogP contribution in [0.1, 0.15) is 409 Å². The van der Waals surface area contributed by atoms with E-state index in [1.165, 1.54) is 205 Å². The van der Waals surface area contributed by atoms with Gasteiger partial charge in [-0.25, -0.2) is 9.13 Å². The van der Waals surface area contributed by atoms with Gasteiger partial charge in [-0.2, -0.15) is 0 Å². The van der Waals surface area contributed by atoms with Gasteiger partial charge in [0.1, 0.15) is 19.3 Å². The van der Waals surface area contributed by atoms with E-state index in [1.54, 1.807) is 0 Å². The van der Waals surface area contributed by atoms with Crippen LogP contribution in [0, 0.1) is 23.7 Å². The summed E-state index contributed by atoms with van der Waals surface area (Å²) >= 11 is 0. The molecule has 0 saturated heterocycles. The molecule has 0 rings (SSSR count). The Balaban J connectivity index is 5.23. The number of ether oxygens (including phenoxy) is 4. The molecule has 17 nitrogen and oxygen atoms in total. The van der Waals surface area contributed by atoms with Crippen molar-refractivity contribution in [1.29, 1.82) is 0 Å². The molecule has 0 aromatic carbocycles. The van der Waals surface area contributed by atoms with Gasteiger partial charge in [0.2, 0.25) is 0 Å². The molecular weight excluding hydrogens is 1290 g/mol. The first kappa shape index (κ1) is 97.1. The van der Waals surface area contributed by atoms with E-state index in [-0.39, 0.29) is 25.7 Å². The molecule has 0 saturated carbocycles. The number of unbranched alkanes of at least 4 members (excludes halogenated alkanes) is 43. The van der Waals surface area contributed by atoms with E-state index < -0.39 is 97.5 Å². The van der Waals surface area contributed by atoms with Crippen LogP contribution in [-0.4, -0.2) is 96.7 Å². The summed E-state index contributed by atoms with van der Waals surface area (Å²) < 4.78 is 68.7. The van der Waals surface area contributed by atoms with Crippen LogP contribution in [0.2, 0.25) is 0 Å². The predicted molar refractivity (Wildman–Crippen MR) is 404 cm³/mol. The number of esters is 4. The fourth-order valence-electron chi connectivity index (χ4n) is 12.3. The highest BCUT2D eigenvalue weighted by atomic mass is 31.2. The first-order valence-corrected chi connectivity index (χ1v) is 44.2. The molecule has 0 aliphatic rings. The lowest BCUT2D eigenvalue weighted by Gasteiger charge is -2.21. The average Bonchev–Trinajstić information content (AvgIpc) is 1.86. The molecule has 0 heterocycles. The van der Waals surface area contributed by atoms with E-state index in [0.29, 0.717) is 31.6 Å². The van der Waals surface area contributed by atoms with Gasteiger partial charge in [-0.15, -0.1) is 0 Å². The van der Waals surface area contributed by atoms with E-state index in [4.69, 9.17) is 37.0 Å². The van der Waals surface area contributed by atoms with E-state index in [0.717, 1.165) is 114 Å². The van der Waals surface area contributed by atoms with Crippen molar-refractivity contribution >= 4 is 39.5 Å². The second-order valence-electron chi connectivity index (χ2n) is 30.7. The smallest absolute Gasteiger partial charge is 0.462 e. The zero-order valence-corrected chi connectivity index (χ0v) is 66.9. The van der Waals surface area contributed by atoms with Crippen LogP contribution in [-0.2, 0) is 65.4 Å². The highest BCUT2D eigenvalue weighted by molar-refractivity contribution is 7.47. The predicted octanol–water partition coefficient (Wildman–Crippen LogP) is 23.6. The standard InChI is InChI=1S/C80H156O17P2/c1-70(2)56-48-40-32-26-20-14-10-9-11-16-24-30-36-46-54-62-79(84)96-75(66-90-77(82)60-52-44-35-29-23-19-18-22-28-34-42-50-58-72(5)6)68-94-98(86,87)92-64-74(81)65-93-99(88,89)95-69-76(67-91-78(83)61-53-45-39-38-43-51-59-73(7)8)97-80(85)63-55-47-37-31-25-17-13-12-15-21-27-33-41-49-57-71(3)4/h70-76,81H,9-69H2,1-8H3,(H,86,87)(H,88,89)/t74?,75-,76-/m1/s1. The third-order valence-corrected chi connectivity index (χ3v) is 20.5. The van der Waals surface area contributed by atoms with Crippen molar-refractivity contribution in [3.8, 4) is 0 Å². The van der Waals surface area contributed by atoms with Gasteiger partial charge in [-0.05, 0) is 49.4 Å². The largest absolute Gasteiger partial charge is 0.472 e. The Morgan fingerprint density at radius 3 is 0.626 bits per heavy atom. The van der Waals surface area contributed by atoms with E-state index in [2.05, 4.69) is 55.4 Å². The molecular formula is C80H156O17P2. The fourth-order valence-corrected chi connectivity index (χ4v) is 13.8. The number of rotatable bonds is 77. The van der Waals surface area contributed by atoms with Crippen LogP contribution in [0.3, 0.4) is 0 Å². The Kier molecular flexibility index (Phi) is 67.8. The first-order chi connectivity index (χ1) is 47.6. The fraction of sp³-hybridized carbons (Fsp3) is 0.950. The van der Waals surface area contributed by atoms with Crippen molar-refractivity contribution < 1.29 is 80.2 Å². The number of phosphoric ester groups is 2. The third kappa shape index (κ3) is 74.1. The number of phosphoric acid groups is 2. The number of aliphatic hydroxyl groups is 1. The maximum Gasteiger partial charge on any atom is 0.472 e. The van der Waals surface area contributed by atoms with Crippen LogP contribution in [0.25, 0.3) is 0 Å². The first-order valence-electron chi connectivity index (χ1n) is 41.2. The summed E-state index contributed by atoms with van der Waals surface area (Å²) in [6.45, 7) is 14.2. The lowest BCUT2D eigenvalue weighted by atomic mass is 10.0. The molecule has 0 radical (unpaired) electrons. The molecule has 0 aliphatic heterocycles. The van der Waals surface area contributed by atoms with Crippen molar-refractivity contribution in [3.05, 3.63) is 0 Å². The molecule has 0 amide bonds. The van der Waals surface area contributed by atoms with Gasteiger partial charge in [0.15, 0.2) is 12.2 Å². The van der Waals surface area contributed by atoms with Gasteiger partial charge in [0.05, 0.1) is 26.4 Å². The Bertz CT molecular complexity index is 1940. The van der Waals surface area contributed by atoms with Crippen molar-refractivity contribution in [2.45, 2.75) is 427 Å². The van der Waals surface area contributed by atoms with Gasteiger partial charge in [0.25, 0.3) is 0 Å². The van der Waals surface area contributed by atoms with Crippen molar-refractivity contribution in [3.63, 3.8) is 0 Å². The molecule has 0 spiro atoms. The van der Waals surface area contributed by atoms with Crippen LogP contribution < -0.4 is 0 Å². The quantitative estimate of drug-likeness (QED) is 0.0222. The molecule has 19 heteroatoms. The lowest BCUT2D eigenvalue weighted by molar-refractivity contribution is -0.161. The zero-order chi connectivity index (χ0) is 73.1. The topological polar surface area (TPSA) is 237 Å². The normalized spacial score (nSPS) is 14.1. The lowest BCUT2D eigenvalue weighted by Crippen LogP contribution is -2.30.